The number of hydrogen-bond donors (Lipinski definition) is 0. The van der Waals surface area contributed by atoms with Gasteiger partial charge in [-0.15, -0.1) is 0 Å². The highest BCUT2D eigenvalue weighted by molar-refractivity contribution is 9.10. The molecule has 0 N–H and O–H groups in total. The molecule has 3 heterocycles. The van der Waals surface area contributed by atoms with Crippen molar-refractivity contribution in [2.45, 2.75) is 32.0 Å². The molecule has 0 atom stereocenters. The smallest absolute Gasteiger partial charge is 0.203 e. The van der Waals surface area contributed by atoms with Gasteiger partial charge in [-0.25, -0.2) is 0 Å². The molecule has 0 bridgehead atoms. The van der Waals surface area contributed by atoms with Gasteiger partial charge in [-0.2, -0.15) is 0 Å². The average molecular weight is 770 g/mol. The van der Waals surface area contributed by atoms with Crippen LogP contribution in [-0.2, 0) is 13.1 Å². The number of benzene rings is 3. The summed E-state index contributed by atoms with van der Waals surface area (Å²) in [6.45, 7) is 3.54. The maximum Gasteiger partial charge on any atom is 0.203 e. The molecule has 0 radical (unpaired) electrons. The van der Waals surface area contributed by atoms with Crippen molar-refractivity contribution in [3.63, 3.8) is 0 Å². The van der Waals surface area contributed by atoms with E-state index < -0.39 is 0 Å². The van der Waals surface area contributed by atoms with E-state index in [9.17, 15) is 0 Å². The number of methoxy groups -OCH3 is 6. The van der Waals surface area contributed by atoms with Gasteiger partial charge in [0.25, 0.3) is 0 Å². The SMILES string of the molecule is COc1cc(-c2cc(CN3CCC(N(Cc4ccnc(-c5cc(OC)c(OC)c(OC)c5)c4)c4ccc(Br)cc4)CC3)ccn2)cc(OC)c1OC. The second-order valence-corrected chi connectivity index (χ2v) is 13.5. The minimum Gasteiger partial charge on any atom is -0.493 e. The Hall–Kier alpha value is -5.00. The van der Waals surface area contributed by atoms with Crippen LogP contribution in [0.15, 0.2) is 89.7 Å². The highest BCUT2D eigenvalue weighted by Crippen LogP contribution is 2.42. The van der Waals surface area contributed by atoms with E-state index in [2.05, 4.69) is 79.2 Å². The molecule has 1 aliphatic heterocycles. The summed E-state index contributed by atoms with van der Waals surface area (Å²) in [5, 5.41) is 0. The lowest BCUT2D eigenvalue weighted by Crippen LogP contribution is -2.44. The van der Waals surface area contributed by atoms with Crippen molar-refractivity contribution in [2.75, 3.05) is 60.6 Å². The summed E-state index contributed by atoms with van der Waals surface area (Å²) in [5.41, 5.74) is 7.06. The van der Waals surface area contributed by atoms with Crippen LogP contribution in [-0.4, -0.2) is 76.7 Å². The number of nitrogens with zero attached hydrogens (tertiary/aromatic N) is 4. The van der Waals surface area contributed by atoms with Crippen molar-refractivity contribution in [3.8, 4) is 57.0 Å². The van der Waals surface area contributed by atoms with Crippen LogP contribution in [0, 0.1) is 0 Å². The summed E-state index contributed by atoms with van der Waals surface area (Å²) in [4.78, 5) is 14.4. The molecule has 0 saturated carbocycles. The molecule has 1 fully saturated rings. The van der Waals surface area contributed by atoms with Crippen LogP contribution in [0.4, 0.5) is 5.69 Å². The Kier molecular flexibility index (Phi) is 12.0. The fourth-order valence-corrected chi connectivity index (χ4v) is 7.09. The van der Waals surface area contributed by atoms with Gasteiger partial charge >= 0.3 is 0 Å². The van der Waals surface area contributed by atoms with E-state index in [1.807, 2.05) is 36.7 Å². The van der Waals surface area contributed by atoms with E-state index in [4.69, 9.17) is 33.4 Å². The van der Waals surface area contributed by atoms with Crippen LogP contribution in [0.25, 0.3) is 22.5 Å². The highest BCUT2D eigenvalue weighted by atomic mass is 79.9. The summed E-state index contributed by atoms with van der Waals surface area (Å²) >= 11 is 3.62. The minimum atomic E-state index is 0.363. The molecule has 52 heavy (non-hydrogen) atoms. The summed E-state index contributed by atoms with van der Waals surface area (Å²) in [7, 11) is 9.71. The van der Waals surface area contributed by atoms with Crippen LogP contribution in [0.2, 0.25) is 0 Å². The highest BCUT2D eigenvalue weighted by Gasteiger charge is 2.26. The summed E-state index contributed by atoms with van der Waals surface area (Å²) in [6, 6.07) is 25.2. The van der Waals surface area contributed by atoms with E-state index in [0.717, 1.165) is 66.0 Å². The standard InChI is InChI=1S/C41H45BrN4O6/c1-47-36-21-29(22-37(48-2)40(36)51-5)34-19-27(11-15-43-34)25-45-17-13-33(14-18-45)46(32-9-7-31(42)8-10-32)26-28-12-16-44-35(20-28)30-23-38(49-3)41(52-6)39(24-30)50-4/h7-12,15-16,19-24,33H,13-14,17-18,25-26H2,1-6H3. The van der Waals surface area contributed by atoms with Gasteiger partial charge in [-0.3, -0.25) is 14.9 Å². The molecule has 0 aliphatic carbocycles. The third-order valence-electron chi connectivity index (χ3n) is 9.48. The lowest BCUT2D eigenvalue weighted by Gasteiger charge is -2.40. The molecule has 1 saturated heterocycles. The van der Waals surface area contributed by atoms with Gasteiger partial charge in [0.1, 0.15) is 0 Å². The van der Waals surface area contributed by atoms with Crippen LogP contribution in [0.5, 0.6) is 34.5 Å². The Balaban J connectivity index is 1.19. The van der Waals surface area contributed by atoms with Gasteiger partial charge in [0.05, 0.1) is 54.0 Å². The van der Waals surface area contributed by atoms with Crippen LogP contribution in [0.3, 0.4) is 0 Å². The normalized spacial score (nSPS) is 13.4. The fourth-order valence-electron chi connectivity index (χ4n) is 6.83. The zero-order valence-electron chi connectivity index (χ0n) is 30.5. The van der Waals surface area contributed by atoms with E-state index in [1.54, 1.807) is 42.7 Å². The first-order chi connectivity index (χ1) is 25.4. The van der Waals surface area contributed by atoms with E-state index >= 15 is 0 Å². The first-order valence-corrected chi connectivity index (χ1v) is 17.9. The lowest BCUT2D eigenvalue weighted by molar-refractivity contribution is 0.201. The Morgan fingerprint density at radius 1 is 0.615 bits per heavy atom. The number of likely N-dealkylation sites (tertiary alicyclic amines) is 1. The first kappa shape index (κ1) is 36.8. The van der Waals surface area contributed by atoms with E-state index in [1.165, 1.54) is 16.8 Å². The summed E-state index contributed by atoms with van der Waals surface area (Å²) in [5.74, 6) is 3.51. The number of ether oxygens (including phenoxy) is 6. The van der Waals surface area contributed by atoms with Crippen molar-refractivity contribution >= 4 is 21.6 Å². The Morgan fingerprint density at radius 3 is 1.54 bits per heavy atom. The second-order valence-electron chi connectivity index (χ2n) is 12.5. The second kappa shape index (κ2) is 17.0. The molecule has 0 spiro atoms. The average Bonchev–Trinajstić information content (AvgIpc) is 3.19. The third kappa shape index (κ3) is 8.21. The molecule has 6 rings (SSSR count). The quantitative estimate of drug-likeness (QED) is 0.110. The fraction of sp³-hybridized carbons (Fsp3) is 0.317. The third-order valence-corrected chi connectivity index (χ3v) is 10.0. The van der Waals surface area contributed by atoms with Crippen LogP contribution < -0.4 is 33.3 Å². The maximum atomic E-state index is 5.61. The van der Waals surface area contributed by atoms with Crippen molar-refractivity contribution < 1.29 is 28.4 Å². The van der Waals surface area contributed by atoms with Crippen molar-refractivity contribution in [1.82, 2.24) is 14.9 Å². The van der Waals surface area contributed by atoms with Gasteiger partial charge in [-0.05, 0) is 96.8 Å². The molecule has 3 aromatic carbocycles. The molecular formula is C41H45BrN4O6. The van der Waals surface area contributed by atoms with Gasteiger partial charge in [-0.1, -0.05) is 15.9 Å². The zero-order valence-corrected chi connectivity index (χ0v) is 32.1. The summed E-state index contributed by atoms with van der Waals surface area (Å²) < 4.78 is 34.5. The molecule has 1 aliphatic rings. The minimum absolute atomic E-state index is 0.363. The van der Waals surface area contributed by atoms with Gasteiger partial charge in [0.15, 0.2) is 23.0 Å². The number of halogens is 1. The molecule has 5 aromatic rings. The number of pyridine rings is 2. The van der Waals surface area contributed by atoms with E-state index in [0.29, 0.717) is 40.5 Å². The molecule has 10 nitrogen and oxygen atoms in total. The molecule has 0 amide bonds. The number of aromatic nitrogens is 2. The number of hydrogen-bond acceptors (Lipinski definition) is 10. The maximum absolute atomic E-state index is 5.61. The monoisotopic (exact) mass is 768 g/mol. The molecular weight excluding hydrogens is 724 g/mol. The van der Waals surface area contributed by atoms with Crippen molar-refractivity contribution in [2.24, 2.45) is 0 Å². The molecule has 272 valence electrons. The topological polar surface area (TPSA) is 87.6 Å². The van der Waals surface area contributed by atoms with Crippen molar-refractivity contribution in [1.29, 1.82) is 0 Å². The largest absolute Gasteiger partial charge is 0.493 e. The van der Waals surface area contributed by atoms with Gasteiger partial charge in [0.2, 0.25) is 11.5 Å². The molecule has 2 aromatic heterocycles. The summed E-state index contributed by atoms with van der Waals surface area (Å²) in [6.07, 6.45) is 5.81. The molecule has 0 unspecified atom stereocenters. The van der Waals surface area contributed by atoms with Crippen LogP contribution in [0.1, 0.15) is 24.0 Å². The predicted molar refractivity (Wildman–Crippen MR) is 207 cm³/mol. The Morgan fingerprint density at radius 2 is 1.08 bits per heavy atom. The van der Waals surface area contributed by atoms with Gasteiger partial charge in [0, 0.05) is 65.9 Å². The first-order valence-electron chi connectivity index (χ1n) is 17.1. The Bertz CT molecular complexity index is 1920. The number of anilines is 1. The Labute approximate surface area is 314 Å². The number of piperidine rings is 1. The van der Waals surface area contributed by atoms with Gasteiger partial charge < -0.3 is 33.3 Å². The van der Waals surface area contributed by atoms with Crippen LogP contribution >= 0.6 is 15.9 Å². The molecule has 11 heteroatoms. The number of rotatable bonds is 14. The zero-order chi connectivity index (χ0) is 36.6. The van der Waals surface area contributed by atoms with Crippen molar-refractivity contribution in [3.05, 3.63) is 101 Å². The lowest BCUT2D eigenvalue weighted by atomic mass is 10.00. The predicted octanol–water partition coefficient (Wildman–Crippen LogP) is 8.30. The van der Waals surface area contributed by atoms with E-state index in [-0.39, 0.29) is 0 Å².